The van der Waals surface area contributed by atoms with E-state index in [1.807, 2.05) is 0 Å². The second kappa shape index (κ2) is 4.96. The predicted molar refractivity (Wildman–Crippen MR) is 75.4 cm³/mol. The Hall–Kier alpha value is -1.36. The lowest BCUT2D eigenvalue weighted by molar-refractivity contribution is 0.506. The first kappa shape index (κ1) is 12.7. The summed E-state index contributed by atoms with van der Waals surface area (Å²) in [5, 5.41) is 3.41. The molecule has 0 saturated carbocycles. The van der Waals surface area contributed by atoms with Crippen LogP contribution in [0.25, 0.3) is 0 Å². The molecule has 104 valence electrons. The molecule has 5 heteroatoms. The minimum atomic E-state index is 0.0590. The average molecular weight is 262 g/mol. The van der Waals surface area contributed by atoms with Crippen molar-refractivity contribution in [1.29, 1.82) is 0 Å². The van der Waals surface area contributed by atoms with Gasteiger partial charge in [0, 0.05) is 44.6 Å². The molecule has 0 aromatic carbocycles. The van der Waals surface area contributed by atoms with Gasteiger partial charge in [-0.05, 0) is 18.3 Å². The van der Waals surface area contributed by atoms with Crippen LogP contribution >= 0.6 is 0 Å². The van der Waals surface area contributed by atoms with Gasteiger partial charge in [-0.25, -0.2) is 4.98 Å². The summed E-state index contributed by atoms with van der Waals surface area (Å²) in [6.07, 6.45) is 4.72. The number of nitrogens with one attached hydrogen (secondary N) is 1. The van der Waals surface area contributed by atoms with Crippen molar-refractivity contribution in [3.63, 3.8) is 0 Å². The number of rotatable bonds is 3. The van der Waals surface area contributed by atoms with Crippen LogP contribution in [-0.4, -0.2) is 35.2 Å². The van der Waals surface area contributed by atoms with E-state index in [4.69, 9.17) is 0 Å². The lowest BCUT2D eigenvalue weighted by Gasteiger charge is -2.24. The predicted octanol–water partition coefficient (Wildman–Crippen LogP) is 0.697. The molecule has 3 rings (SSSR count). The van der Waals surface area contributed by atoms with Crippen LogP contribution in [0.4, 0.5) is 5.82 Å². The van der Waals surface area contributed by atoms with Gasteiger partial charge in [0.2, 0.25) is 0 Å². The van der Waals surface area contributed by atoms with Gasteiger partial charge in [-0.3, -0.25) is 4.79 Å². The fourth-order valence-electron chi connectivity index (χ4n) is 3.28. The van der Waals surface area contributed by atoms with Gasteiger partial charge in [-0.15, -0.1) is 0 Å². The fourth-order valence-corrected chi connectivity index (χ4v) is 3.28. The average Bonchev–Trinajstić information content (AvgIpc) is 2.94. The van der Waals surface area contributed by atoms with Crippen LogP contribution in [0.5, 0.6) is 0 Å². The van der Waals surface area contributed by atoms with Crippen molar-refractivity contribution in [1.82, 2.24) is 14.9 Å². The lowest BCUT2D eigenvalue weighted by atomic mass is 10.1. The van der Waals surface area contributed by atoms with Crippen LogP contribution in [0.1, 0.15) is 20.3 Å². The Morgan fingerprint density at radius 1 is 1.47 bits per heavy atom. The SMILES string of the molecule is CC(C)Cn1ccnc(N2CC[C@H]3CNC[C@H]32)c1=O. The van der Waals surface area contributed by atoms with Crippen LogP contribution < -0.4 is 15.8 Å². The van der Waals surface area contributed by atoms with Gasteiger partial charge in [-0.2, -0.15) is 0 Å². The molecule has 0 bridgehead atoms. The third-order valence-electron chi connectivity index (χ3n) is 4.17. The fraction of sp³-hybridized carbons (Fsp3) is 0.714. The van der Waals surface area contributed by atoms with Crippen molar-refractivity contribution in [2.75, 3.05) is 24.5 Å². The van der Waals surface area contributed by atoms with Crippen LogP contribution in [0.2, 0.25) is 0 Å². The van der Waals surface area contributed by atoms with E-state index in [1.54, 1.807) is 17.0 Å². The van der Waals surface area contributed by atoms with Gasteiger partial charge < -0.3 is 14.8 Å². The molecule has 1 aromatic heterocycles. The maximum Gasteiger partial charge on any atom is 0.293 e. The molecule has 1 aromatic rings. The topological polar surface area (TPSA) is 50.2 Å². The summed E-state index contributed by atoms with van der Waals surface area (Å²) >= 11 is 0. The zero-order valence-corrected chi connectivity index (χ0v) is 11.7. The molecule has 2 fully saturated rings. The molecular formula is C14H22N4O. The summed E-state index contributed by atoms with van der Waals surface area (Å²) in [4.78, 5) is 19.1. The van der Waals surface area contributed by atoms with Crippen molar-refractivity contribution in [3.05, 3.63) is 22.7 Å². The molecule has 3 heterocycles. The number of fused-ring (bicyclic) bond motifs is 1. The van der Waals surface area contributed by atoms with Crippen molar-refractivity contribution >= 4 is 5.82 Å². The highest BCUT2D eigenvalue weighted by atomic mass is 16.1. The van der Waals surface area contributed by atoms with Gasteiger partial charge in [0.25, 0.3) is 5.56 Å². The molecule has 5 nitrogen and oxygen atoms in total. The van der Waals surface area contributed by atoms with E-state index in [0.717, 1.165) is 32.6 Å². The van der Waals surface area contributed by atoms with Gasteiger partial charge in [-0.1, -0.05) is 13.8 Å². The molecule has 19 heavy (non-hydrogen) atoms. The molecule has 0 amide bonds. The second-order valence-corrected chi connectivity index (χ2v) is 6.07. The quantitative estimate of drug-likeness (QED) is 0.871. The molecule has 2 saturated heterocycles. The molecule has 1 N–H and O–H groups in total. The minimum Gasteiger partial charge on any atom is -0.347 e. The highest BCUT2D eigenvalue weighted by Crippen LogP contribution is 2.29. The van der Waals surface area contributed by atoms with Gasteiger partial charge in [0.15, 0.2) is 5.82 Å². The first-order valence-corrected chi connectivity index (χ1v) is 7.19. The maximum absolute atomic E-state index is 12.5. The lowest BCUT2D eigenvalue weighted by Crippen LogP contribution is -2.40. The Morgan fingerprint density at radius 2 is 2.32 bits per heavy atom. The number of aromatic nitrogens is 2. The summed E-state index contributed by atoms with van der Waals surface area (Å²) < 4.78 is 1.79. The third kappa shape index (κ3) is 2.27. The van der Waals surface area contributed by atoms with Gasteiger partial charge >= 0.3 is 0 Å². The van der Waals surface area contributed by atoms with Crippen molar-refractivity contribution in [2.45, 2.75) is 32.9 Å². The molecule has 0 unspecified atom stereocenters. The summed E-state index contributed by atoms with van der Waals surface area (Å²) in [5.74, 6) is 1.78. The first-order chi connectivity index (χ1) is 9.16. The van der Waals surface area contributed by atoms with Crippen molar-refractivity contribution in [2.24, 2.45) is 11.8 Å². The number of hydrogen-bond acceptors (Lipinski definition) is 4. The van der Waals surface area contributed by atoms with E-state index >= 15 is 0 Å². The van der Waals surface area contributed by atoms with Gasteiger partial charge in [0.1, 0.15) is 0 Å². The third-order valence-corrected chi connectivity index (χ3v) is 4.17. The van der Waals surface area contributed by atoms with Crippen molar-refractivity contribution < 1.29 is 0 Å². The van der Waals surface area contributed by atoms with Crippen LogP contribution in [-0.2, 0) is 6.54 Å². The van der Waals surface area contributed by atoms with E-state index in [-0.39, 0.29) is 5.56 Å². The standard InChI is InChI=1S/C14H22N4O/c1-10(2)9-17-6-4-16-13(14(17)19)18-5-3-11-7-15-8-12(11)18/h4,6,10-12,15H,3,5,7-9H2,1-2H3/t11-,12+/m0/s1. The Bertz CT molecular complexity index is 510. The maximum atomic E-state index is 12.5. The Labute approximate surface area is 113 Å². The Morgan fingerprint density at radius 3 is 3.11 bits per heavy atom. The van der Waals surface area contributed by atoms with E-state index in [1.165, 1.54) is 0 Å². The summed E-state index contributed by atoms with van der Waals surface area (Å²) in [6.45, 7) is 8.02. The molecule has 2 aliphatic rings. The minimum absolute atomic E-state index is 0.0590. The van der Waals surface area contributed by atoms with Crippen LogP contribution in [0, 0.1) is 11.8 Å². The normalized spacial score (nSPS) is 26.2. The molecule has 2 atom stereocenters. The first-order valence-electron chi connectivity index (χ1n) is 7.19. The highest BCUT2D eigenvalue weighted by molar-refractivity contribution is 5.40. The number of hydrogen-bond donors (Lipinski definition) is 1. The van der Waals surface area contributed by atoms with Gasteiger partial charge in [0.05, 0.1) is 0 Å². The Balaban J connectivity index is 1.91. The number of anilines is 1. The van der Waals surface area contributed by atoms with Crippen molar-refractivity contribution in [3.8, 4) is 0 Å². The summed E-state index contributed by atoms with van der Waals surface area (Å²) in [6, 6.07) is 0.454. The van der Waals surface area contributed by atoms with E-state index in [2.05, 4.69) is 29.0 Å². The van der Waals surface area contributed by atoms with E-state index in [9.17, 15) is 4.79 Å². The zero-order valence-electron chi connectivity index (χ0n) is 11.7. The van der Waals surface area contributed by atoms with E-state index < -0.39 is 0 Å². The molecule has 0 spiro atoms. The molecule has 2 aliphatic heterocycles. The largest absolute Gasteiger partial charge is 0.347 e. The highest BCUT2D eigenvalue weighted by Gasteiger charge is 2.39. The summed E-state index contributed by atoms with van der Waals surface area (Å²) in [5.41, 5.74) is 0.0590. The smallest absolute Gasteiger partial charge is 0.293 e. The van der Waals surface area contributed by atoms with Crippen LogP contribution in [0.15, 0.2) is 17.2 Å². The number of nitrogens with zero attached hydrogens (tertiary/aromatic N) is 3. The van der Waals surface area contributed by atoms with Crippen LogP contribution in [0.3, 0.4) is 0 Å². The Kier molecular flexibility index (Phi) is 3.31. The monoisotopic (exact) mass is 262 g/mol. The van der Waals surface area contributed by atoms with E-state index in [0.29, 0.717) is 23.7 Å². The summed E-state index contributed by atoms with van der Waals surface area (Å²) in [7, 11) is 0. The molecule has 0 aliphatic carbocycles. The molecule has 0 radical (unpaired) electrons. The molecular weight excluding hydrogens is 240 g/mol. The second-order valence-electron chi connectivity index (χ2n) is 6.07. The zero-order chi connectivity index (χ0) is 13.4.